The molecule has 0 radical (unpaired) electrons. The van der Waals surface area contributed by atoms with Gasteiger partial charge in [-0.3, -0.25) is 4.79 Å². The predicted molar refractivity (Wildman–Crippen MR) is 110 cm³/mol. The molecule has 4 fully saturated rings. The Morgan fingerprint density at radius 3 is 2.45 bits per heavy atom. The summed E-state index contributed by atoms with van der Waals surface area (Å²) >= 11 is 0. The van der Waals surface area contributed by atoms with Crippen molar-refractivity contribution in [1.29, 1.82) is 0 Å². The minimum atomic E-state index is -0.748. The van der Waals surface area contributed by atoms with Crippen LogP contribution in [0, 0.1) is 46.3 Å². The number of hydrogen-bond acceptors (Lipinski definition) is 4. The van der Waals surface area contributed by atoms with Crippen LogP contribution >= 0.6 is 0 Å². The Balaban J connectivity index is 1.61. The molecule has 0 amide bonds. The highest BCUT2D eigenvalue weighted by Crippen LogP contribution is 2.68. The van der Waals surface area contributed by atoms with E-state index in [2.05, 4.69) is 20.8 Å². The van der Waals surface area contributed by atoms with E-state index in [1.54, 1.807) is 0 Å². The lowest BCUT2D eigenvalue weighted by atomic mass is 9.43. The maximum atomic E-state index is 11.5. The largest absolute Gasteiger partial charge is 0.481 e. The molecule has 5 nitrogen and oxygen atoms in total. The van der Waals surface area contributed by atoms with Gasteiger partial charge in [0.05, 0.1) is 18.3 Å². The summed E-state index contributed by atoms with van der Waals surface area (Å²) < 4.78 is 0. The summed E-state index contributed by atoms with van der Waals surface area (Å²) in [5.41, 5.74) is -0.143. The molecule has 0 heterocycles. The van der Waals surface area contributed by atoms with E-state index >= 15 is 0 Å². The second kappa shape index (κ2) is 7.49. The molecule has 0 spiro atoms. The highest BCUT2D eigenvalue weighted by molar-refractivity contribution is 5.66. The number of carboxylic acids is 1. The summed E-state index contributed by atoms with van der Waals surface area (Å²) in [6.07, 6.45) is 6.00. The minimum absolute atomic E-state index is 0.0957. The van der Waals surface area contributed by atoms with Crippen molar-refractivity contribution < 1.29 is 25.2 Å². The zero-order chi connectivity index (χ0) is 21.1. The zero-order valence-electron chi connectivity index (χ0n) is 18.3. The summed E-state index contributed by atoms with van der Waals surface area (Å²) in [7, 11) is 0. The predicted octanol–water partition coefficient (Wildman–Crippen LogP) is 3.45. The van der Waals surface area contributed by atoms with Crippen LogP contribution in [0.3, 0.4) is 0 Å². The fraction of sp³-hybridized carbons (Fsp3) is 0.958. The molecular weight excluding hydrogens is 368 g/mol. The van der Waals surface area contributed by atoms with Gasteiger partial charge in [0.15, 0.2) is 0 Å². The van der Waals surface area contributed by atoms with Crippen LogP contribution in [0.2, 0.25) is 0 Å². The number of rotatable bonds is 4. The molecular formula is C24H40O5. The van der Waals surface area contributed by atoms with Crippen LogP contribution in [0.15, 0.2) is 0 Å². The van der Waals surface area contributed by atoms with Crippen LogP contribution in [0.5, 0.6) is 0 Å². The van der Waals surface area contributed by atoms with Gasteiger partial charge in [0.25, 0.3) is 0 Å². The van der Waals surface area contributed by atoms with Crippen LogP contribution in [0.4, 0.5) is 0 Å². The van der Waals surface area contributed by atoms with Crippen molar-refractivity contribution in [2.45, 2.75) is 96.9 Å². The smallest absolute Gasteiger partial charge is 0.303 e. The van der Waals surface area contributed by atoms with Crippen LogP contribution < -0.4 is 0 Å². The summed E-state index contributed by atoms with van der Waals surface area (Å²) in [6, 6.07) is 0. The average Bonchev–Trinajstić information content (AvgIpc) is 3.01. The van der Waals surface area contributed by atoms with E-state index in [9.17, 15) is 20.1 Å². The quantitative estimate of drug-likeness (QED) is 0.571. The van der Waals surface area contributed by atoms with E-state index in [0.29, 0.717) is 30.1 Å². The topological polar surface area (TPSA) is 98.0 Å². The van der Waals surface area contributed by atoms with Gasteiger partial charge >= 0.3 is 5.97 Å². The first-order chi connectivity index (χ1) is 13.6. The number of aliphatic carboxylic acids is 1. The van der Waals surface area contributed by atoms with Crippen LogP contribution in [-0.2, 0) is 4.79 Å². The third kappa shape index (κ3) is 3.27. The van der Waals surface area contributed by atoms with E-state index in [1.807, 2.05) is 0 Å². The summed E-state index contributed by atoms with van der Waals surface area (Å²) in [6.45, 7) is 6.72. The Morgan fingerprint density at radius 1 is 1.03 bits per heavy atom. The van der Waals surface area contributed by atoms with Crippen molar-refractivity contribution in [3.8, 4) is 0 Å². The third-order valence-electron chi connectivity index (χ3n) is 10.3. The molecule has 5 heteroatoms. The number of aliphatic hydroxyl groups is 3. The second-order valence-electron chi connectivity index (χ2n) is 11.4. The van der Waals surface area contributed by atoms with Gasteiger partial charge in [0, 0.05) is 6.42 Å². The molecule has 4 saturated carbocycles. The van der Waals surface area contributed by atoms with E-state index in [1.165, 1.54) is 0 Å². The van der Waals surface area contributed by atoms with E-state index < -0.39 is 12.1 Å². The molecule has 166 valence electrons. The SMILES string of the molecule is C[C@H](CCC(=O)O)[C@@H]1CC[C@@H]2[C@H]3[C@H](O)C[C@@H]4C[C@@H](O)CC[C@]4(C)[C@@H]3C[C@H](O)[C@@]21C. The number of aliphatic hydroxyl groups excluding tert-OH is 3. The molecule has 0 aromatic rings. The molecule has 0 saturated heterocycles. The second-order valence-corrected chi connectivity index (χ2v) is 11.4. The summed E-state index contributed by atoms with van der Waals surface area (Å²) in [4.78, 5) is 11.1. The van der Waals surface area contributed by atoms with Crippen molar-refractivity contribution in [3.63, 3.8) is 0 Å². The monoisotopic (exact) mass is 408 g/mol. The number of fused-ring (bicyclic) bond motifs is 5. The Hall–Kier alpha value is -0.650. The van der Waals surface area contributed by atoms with E-state index in [4.69, 9.17) is 5.11 Å². The van der Waals surface area contributed by atoms with Crippen LogP contribution in [-0.4, -0.2) is 44.7 Å². The molecule has 0 aromatic heterocycles. The first kappa shape index (κ1) is 21.6. The van der Waals surface area contributed by atoms with Crippen LogP contribution in [0.1, 0.15) is 78.6 Å². The minimum Gasteiger partial charge on any atom is -0.481 e. The molecule has 29 heavy (non-hydrogen) atoms. The van der Waals surface area contributed by atoms with Gasteiger partial charge in [-0.2, -0.15) is 0 Å². The van der Waals surface area contributed by atoms with Gasteiger partial charge in [0.1, 0.15) is 0 Å². The molecule has 0 aliphatic heterocycles. The fourth-order valence-corrected chi connectivity index (χ4v) is 8.68. The highest BCUT2D eigenvalue weighted by atomic mass is 16.4. The molecule has 11 atom stereocenters. The van der Waals surface area contributed by atoms with Gasteiger partial charge < -0.3 is 20.4 Å². The van der Waals surface area contributed by atoms with Gasteiger partial charge in [0.2, 0.25) is 0 Å². The van der Waals surface area contributed by atoms with Crippen molar-refractivity contribution in [2.24, 2.45) is 46.3 Å². The molecule has 4 rings (SSSR count). The van der Waals surface area contributed by atoms with Gasteiger partial charge in [-0.05, 0) is 97.7 Å². The van der Waals surface area contributed by atoms with Gasteiger partial charge in [-0.25, -0.2) is 0 Å². The van der Waals surface area contributed by atoms with Crippen molar-refractivity contribution in [1.82, 2.24) is 0 Å². The lowest BCUT2D eigenvalue weighted by Gasteiger charge is -2.63. The van der Waals surface area contributed by atoms with Gasteiger partial charge in [-0.1, -0.05) is 20.8 Å². The highest BCUT2D eigenvalue weighted by Gasteiger charge is 2.65. The summed E-state index contributed by atoms with van der Waals surface area (Å²) in [5.74, 6) is 0.997. The molecule has 0 bridgehead atoms. The van der Waals surface area contributed by atoms with Gasteiger partial charge in [-0.15, -0.1) is 0 Å². The zero-order valence-corrected chi connectivity index (χ0v) is 18.3. The van der Waals surface area contributed by atoms with E-state index in [0.717, 1.165) is 44.9 Å². The number of carboxylic acid groups (broad SMARTS) is 1. The fourth-order valence-electron chi connectivity index (χ4n) is 8.68. The number of carbonyl (C=O) groups is 1. The lowest BCUT2D eigenvalue weighted by Crippen LogP contribution is -2.62. The standard InChI is InChI=1S/C24H40O5/c1-13(4-7-21(28)29)16-5-6-17-22-18(12-20(27)24(16,17)3)23(2)9-8-15(25)10-14(23)11-19(22)26/h13-20,22,25-27H,4-12H2,1-3H3,(H,28,29)/t13-,14+,15+,16+,17-,18-,19-,20+,22-,23+,24-/m1/s1. The van der Waals surface area contributed by atoms with Crippen molar-refractivity contribution >= 4 is 5.97 Å². The molecule has 4 N–H and O–H groups in total. The van der Waals surface area contributed by atoms with Crippen LogP contribution in [0.25, 0.3) is 0 Å². The normalized spacial score (nSPS) is 52.9. The average molecular weight is 409 g/mol. The number of hydrogen-bond donors (Lipinski definition) is 4. The molecule has 0 unspecified atom stereocenters. The van der Waals surface area contributed by atoms with Crippen molar-refractivity contribution in [3.05, 3.63) is 0 Å². The Labute approximate surface area is 174 Å². The Bertz CT molecular complexity index is 637. The van der Waals surface area contributed by atoms with Crippen molar-refractivity contribution in [2.75, 3.05) is 0 Å². The maximum absolute atomic E-state index is 11.5. The Morgan fingerprint density at radius 2 is 1.76 bits per heavy atom. The van der Waals surface area contributed by atoms with E-state index in [-0.39, 0.29) is 41.3 Å². The summed E-state index contributed by atoms with van der Waals surface area (Å²) in [5, 5.41) is 42.0. The first-order valence-electron chi connectivity index (χ1n) is 11.8. The molecule has 4 aliphatic carbocycles. The lowest BCUT2D eigenvalue weighted by molar-refractivity contribution is -0.207. The maximum Gasteiger partial charge on any atom is 0.303 e. The molecule has 4 aliphatic rings. The molecule has 0 aromatic carbocycles. The first-order valence-corrected chi connectivity index (χ1v) is 11.8. The Kier molecular flexibility index (Phi) is 5.57. The third-order valence-corrected chi connectivity index (χ3v) is 10.3.